The molecule has 0 saturated carbocycles. The zero-order valence-corrected chi connectivity index (χ0v) is 9.15. The molecule has 1 aromatic heterocycles. The quantitative estimate of drug-likeness (QED) is 0.647. The van der Waals surface area contributed by atoms with Gasteiger partial charge in [0.15, 0.2) is 0 Å². The molecule has 0 unspecified atom stereocenters. The van der Waals surface area contributed by atoms with E-state index in [0.29, 0.717) is 12.8 Å². The molecule has 0 aliphatic heterocycles. The largest absolute Gasteiger partial charge is 0.480 e. The zero-order chi connectivity index (χ0) is 11.3. The molecule has 82 valence electrons. The Morgan fingerprint density at radius 3 is 2.60 bits per heavy atom. The van der Waals surface area contributed by atoms with E-state index >= 15 is 0 Å². The molecule has 1 atom stereocenters. The molecule has 0 spiro atoms. The molecule has 4 nitrogen and oxygen atoms in total. The second-order valence-electron chi connectivity index (χ2n) is 3.47. The molecule has 0 amide bonds. The summed E-state index contributed by atoms with van der Waals surface area (Å²) in [5, 5.41) is 8.92. The molecular formula is C10H14N2O2S. The molecule has 1 aromatic rings. The Balaban J connectivity index is 2.59. The summed E-state index contributed by atoms with van der Waals surface area (Å²) < 4.78 is 0. The molecule has 0 radical (unpaired) electrons. The van der Waals surface area contributed by atoms with Crippen molar-refractivity contribution >= 4 is 18.6 Å². The molecule has 15 heavy (non-hydrogen) atoms. The van der Waals surface area contributed by atoms with E-state index < -0.39 is 11.5 Å². The van der Waals surface area contributed by atoms with Crippen LogP contribution in [0, 0.1) is 0 Å². The van der Waals surface area contributed by atoms with E-state index in [1.807, 2.05) is 12.1 Å². The summed E-state index contributed by atoms with van der Waals surface area (Å²) in [7, 11) is 0. The summed E-state index contributed by atoms with van der Waals surface area (Å²) in [6.45, 7) is 0. The van der Waals surface area contributed by atoms with Gasteiger partial charge >= 0.3 is 5.97 Å². The van der Waals surface area contributed by atoms with E-state index in [1.54, 1.807) is 12.4 Å². The van der Waals surface area contributed by atoms with Crippen LogP contribution in [-0.4, -0.2) is 27.4 Å². The van der Waals surface area contributed by atoms with Crippen LogP contribution >= 0.6 is 12.6 Å². The molecule has 5 heteroatoms. The first-order chi connectivity index (χ1) is 7.08. The number of pyridine rings is 1. The smallest absolute Gasteiger partial charge is 0.324 e. The highest BCUT2D eigenvalue weighted by Crippen LogP contribution is 2.13. The van der Waals surface area contributed by atoms with Gasteiger partial charge in [-0.2, -0.15) is 12.6 Å². The molecule has 0 bridgehead atoms. The van der Waals surface area contributed by atoms with Crippen LogP contribution in [0.4, 0.5) is 0 Å². The van der Waals surface area contributed by atoms with Crippen molar-refractivity contribution in [2.75, 3.05) is 5.75 Å². The van der Waals surface area contributed by atoms with Crippen molar-refractivity contribution in [3.63, 3.8) is 0 Å². The van der Waals surface area contributed by atoms with Crippen molar-refractivity contribution in [1.82, 2.24) is 4.98 Å². The standard InChI is InChI=1S/C10H14N2O2S/c11-10(7-15,9(13)14)4-1-8-2-5-12-6-3-8/h2-3,5-6,15H,1,4,7,11H2,(H,13,14)/t10-/m0/s1. The van der Waals surface area contributed by atoms with E-state index in [-0.39, 0.29) is 5.75 Å². The molecule has 0 saturated heterocycles. The van der Waals surface area contributed by atoms with Gasteiger partial charge in [-0.25, -0.2) is 0 Å². The molecular weight excluding hydrogens is 212 g/mol. The second-order valence-corrected chi connectivity index (χ2v) is 3.79. The van der Waals surface area contributed by atoms with Crippen LogP contribution in [-0.2, 0) is 11.2 Å². The van der Waals surface area contributed by atoms with E-state index in [9.17, 15) is 4.79 Å². The molecule has 0 aliphatic carbocycles. The van der Waals surface area contributed by atoms with Crippen LogP contribution in [0.1, 0.15) is 12.0 Å². The first-order valence-electron chi connectivity index (χ1n) is 4.60. The topological polar surface area (TPSA) is 76.2 Å². The van der Waals surface area contributed by atoms with Crippen LogP contribution in [0.25, 0.3) is 0 Å². The number of nitrogens with two attached hydrogens (primary N) is 1. The van der Waals surface area contributed by atoms with Crippen molar-refractivity contribution < 1.29 is 9.90 Å². The average molecular weight is 226 g/mol. The number of carboxylic acid groups (broad SMARTS) is 1. The summed E-state index contributed by atoms with van der Waals surface area (Å²) in [6.07, 6.45) is 4.34. The number of aryl methyl sites for hydroxylation is 1. The predicted molar refractivity (Wildman–Crippen MR) is 61.0 cm³/mol. The Morgan fingerprint density at radius 1 is 1.53 bits per heavy atom. The number of carboxylic acids is 1. The lowest BCUT2D eigenvalue weighted by molar-refractivity contribution is -0.142. The number of hydrogen-bond acceptors (Lipinski definition) is 4. The number of carbonyl (C=O) groups is 1. The highest BCUT2D eigenvalue weighted by molar-refractivity contribution is 7.80. The van der Waals surface area contributed by atoms with Crippen molar-refractivity contribution in [2.45, 2.75) is 18.4 Å². The summed E-state index contributed by atoms with van der Waals surface area (Å²) >= 11 is 3.97. The third-order valence-corrected chi connectivity index (χ3v) is 2.88. The highest BCUT2D eigenvalue weighted by Gasteiger charge is 2.31. The van der Waals surface area contributed by atoms with E-state index in [1.165, 1.54) is 0 Å². The first-order valence-corrected chi connectivity index (χ1v) is 5.24. The van der Waals surface area contributed by atoms with Gasteiger partial charge in [0.05, 0.1) is 0 Å². The summed E-state index contributed by atoms with van der Waals surface area (Å²) in [4.78, 5) is 14.8. The van der Waals surface area contributed by atoms with Crippen LogP contribution in [0.3, 0.4) is 0 Å². The lowest BCUT2D eigenvalue weighted by Gasteiger charge is -2.22. The third-order valence-electron chi connectivity index (χ3n) is 2.32. The number of rotatable bonds is 5. The van der Waals surface area contributed by atoms with Gasteiger partial charge in [0, 0.05) is 18.1 Å². The van der Waals surface area contributed by atoms with Crippen LogP contribution in [0.5, 0.6) is 0 Å². The number of aliphatic carboxylic acids is 1. The van der Waals surface area contributed by atoms with Gasteiger partial charge in [0.2, 0.25) is 0 Å². The fraction of sp³-hybridized carbons (Fsp3) is 0.400. The molecule has 0 fully saturated rings. The maximum Gasteiger partial charge on any atom is 0.324 e. The minimum atomic E-state index is -1.24. The third kappa shape index (κ3) is 3.21. The molecule has 1 heterocycles. The van der Waals surface area contributed by atoms with Crippen LogP contribution < -0.4 is 5.73 Å². The van der Waals surface area contributed by atoms with Crippen molar-refractivity contribution in [3.8, 4) is 0 Å². The Labute approximate surface area is 93.9 Å². The van der Waals surface area contributed by atoms with Crippen LogP contribution in [0.2, 0.25) is 0 Å². The maximum atomic E-state index is 10.9. The van der Waals surface area contributed by atoms with Crippen molar-refractivity contribution in [1.29, 1.82) is 0 Å². The molecule has 1 rings (SSSR count). The van der Waals surface area contributed by atoms with Gasteiger partial charge in [0.25, 0.3) is 0 Å². The number of hydrogen-bond donors (Lipinski definition) is 3. The molecule has 0 aliphatic rings. The summed E-state index contributed by atoms with van der Waals surface area (Å²) in [5.41, 5.74) is 5.48. The van der Waals surface area contributed by atoms with Gasteiger partial charge in [-0.1, -0.05) is 0 Å². The number of nitrogens with zero attached hydrogens (tertiary/aromatic N) is 1. The van der Waals surface area contributed by atoms with E-state index in [4.69, 9.17) is 10.8 Å². The Hall–Kier alpha value is -1.07. The second kappa shape index (κ2) is 5.14. The normalized spacial score (nSPS) is 14.5. The average Bonchev–Trinajstić information content (AvgIpc) is 2.27. The Morgan fingerprint density at radius 2 is 2.13 bits per heavy atom. The van der Waals surface area contributed by atoms with Crippen molar-refractivity contribution in [3.05, 3.63) is 30.1 Å². The number of thiol groups is 1. The maximum absolute atomic E-state index is 10.9. The molecule has 3 N–H and O–H groups in total. The van der Waals surface area contributed by atoms with Crippen LogP contribution in [0.15, 0.2) is 24.5 Å². The predicted octanol–water partition coefficient (Wildman–Crippen LogP) is 0.726. The monoisotopic (exact) mass is 226 g/mol. The Bertz CT molecular complexity index is 331. The lowest BCUT2D eigenvalue weighted by Crippen LogP contribution is -2.50. The zero-order valence-electron chi connectivity index (χ0n) is 8.26. The first kappa shape index (κ1) is 12.0. The fourth-order valence-corrected chi connectivity index (χ4v) is 1.46. The van der Waals surface area contributed by atoms with E-state index in [2.05, 4.69) is 17.6 Å². The number of aromatic nitrogens is 1. The van der Waals surface area contributed by atoms with Gasteiger partial charge in [-0.3, -0.25) is 9.78 Å². The van der Waals surface area contributed by atoms with Gasteiger partial charge < -0.3 is 10.8 Å². The van der Waals surface area contributed by atoms with Gasteiger partial charge in [-0.05, 0) is 30.5 Å². The van der Waals surface area contributed by atoms with Gasteiger partial charge in [0.1, 0.15) is 5.54 Å². The van der Waals surface area contributed by atoms with Crippen molar-refractivity contribution in [2.24, 2.45) is 5.73 Å². The highest BCUT2D eigenvalue weighted by atomic mass is 32.1. The SMILES string of the molecule is N[C@](CS)(CCc1ccncc1)C(=O)O. The minimum absolute atomic E-state index is 0.132. The summed E-state index contributed by atoms with van der Waals surface area (Å²) in [6, 6.07) is 3.70. The Kier molecular flexibility index (Phi) is 4.11. The van der Waals surface area contributed by atoms with Gasteiger partial charge in [-0.15, -0.1) is 0 Å². The lowest BCUT2D eigenvalue weighted by atomic mass is 9.95. The molecule has 0 aromatic carbocycles. The van der Waals surface area contributed by atoms with E-state index in [0.717, 1.165) is 5.56 Å². The fourth-order valence-electron chi connectivity index (χ4n) is 1.17. The summed E-state index contributed by atoms with van der Waals surface area (Å²) in [5.74, 6) is -0.875. The minimum Gasteiger partial charge on any atom is -0.480 e.